The Labute approximate surface area is 211 Å². The van der Waals surface area contributed by atoms with Crippen LogP contribution in [0.2, 0.25) is 5.02 Å². The van der Waals surface area contributed by atoms with Crippen molar-refractivity contribution in [1.29, 1.82) is 0 Å². The van der Waals surface area contributed by atoms with Crippen molar-refractivity contribution in [3.63, 3.8) is 0 Å². The number of carbonyl (C=O) groups is 1. The van der Waals surface area contributed by atoms with Gasteiger partial charge in [0, 0.05) is 40.8 Å². The van der Waals surface area contributed by atoms with Crippen molar-refractivity contribution in [3.05, 3.63) is 70.0 Å². The molecule has 3 aromatic rings. The molecule has 2 N–H and O–H groups in total. The summed E-state index contributed by atoms with van der Waals surface area (Å²) in [6, 6.07) is 9.54. The minimum Gasteiger partial charge on any atom is -0.403 e. The summed E-state index contributed by atoms with van der Waals surface area (Å²) in [5.41, 5.74) is 1.56. The van der Waals surface area contributed by atoms with Gasteiger partial charge in [-0.05, 0) is 62.7 Å². The Morgan fingerprint density at radius 2 is 1.83 bits per heavy atom. The number of aliphatic hydroxyl groups is 1. The molecule has 12 heteroatoms. The van der Waals surface area contributed by atoms with Crippen LogP contribution in [0, 0.1) is 13.8 Å². The van der Waals surface area contributed by atoms with Gasteiger partial charge in [0.25, 0.3) is 5.91 Å². The van der Waals surface area contributed by atoms with Gasteiger partial charge in [0.2, 0.25) is 0 Å². The maximum Gasteiger partial charge on any atom is 0.573 e. The third-order valence-corrected chi connectivity index (χ3v) is 6.79. The van der Waals surface area contributed by atoms with Crippen LogP contribution in [0.1, 0.15) is 34.2 Å². The van der Waals surface area contributed by atoms with Gasteiger partial charge < -0.3 is 19.7 Å². The van der Waals surface area contributed by atoms with Crippen molar-refractivity contribution >= 4 is 33.0 Å². The van der Waals surface area contributed by atoms with Gasteiger partial charge in [-0.2, -0.15) is 0 Å². The fraction of sp³-hybridized carbons (Fsp3) is 0.292. The van der Waals surface area contributed by atoms with E-state index in [1.165, 1.54) is 47.9 Å². The van der Waals surface area contributed by atoms with Crippen molar-refractivity contribution in [2.75, 3.05) is 11.6 Å². The highest BCUT2D eigenvalue weighted by Crippen LogP contribution is 2.35. The highest BCUT2D eigenvalue weighted by atomic mass is 35.5. The molecule has 0 spiro atoms. The summed E-state index contributed by atoms with van der Waals surface area (Å²) >= 11 is 5.90. The molecule has 0 aliphatic heterocycles. The first-order chi connectivity index (χ1) is 16.6. The van der Waals surface area contributed by atoms with E-state index in [1.807, 2.05) is 0 Å². The molecule has 0 aliphatic rings. The Hall–Kier alpha value is -3.02. The van der Waals surface area contributed by atoms with Crippen LogP contribution in [0.25, 0.3) is 5.69 Å². The number of aromatic nitrogens is 1. The molecule has 0 bridgehead atoms. The maximum atomic E-state index is 13.1. The fourth-order valence-electron chi connectivity index (χ4n) is 3.91. The van der Waals surface area contributed by atoms with Crippen LogP contribution in [-0.2, 0) is 16.3 Å². The summed E-state index contributed by atoms with van der Waals surface area (Å²) < 4.78 is 68.5. The SMILES string of the molecule is Cc1cc(NC(=O)c2cc(CC(C)O)n(-c3ccc(Cl)cc3OC(F)(F)F)c2C)ccc1S(C)(=O)=O. The molecule has 0 aliphatic carbocycles. The monoisotopic (exact) mass is 544 g/mol. The second-order valence-electron chi connectivity index (χ2n) is 8.39. The van der Waals surface area contributed by atoms with Gasteiger partial charge in [0.05, 0.1) is 22.3 Å². The van der Waals surface area contributed by atoms with Crippen molar-refractivity contribution in [2.45, 2.75) is 44.6 Å². The van der Waals surface area contributed by atoms with Gasteiger partial charge in [-0.15, -0.1) is 13.2 Å². The van der Waals surface area contributed by atoms with E-state index in [1.54, 1.807) is 13.8 Å². The third kappa shape index (κ3) is 6.40. The Morgan fingerprint density at radius 3 is 2.39 bits per heavy atom. The first-order valence-electron chi connectivity index (χ1n) is 10.6. The first kappa shape index (κ1) is 27.6. The number of alkyl halides is 3. The van der Waals surface area contributed by atoms with Crippen LogP contribution in [0.4, 0.5) is 18.9 Å². The number of anilines is 1. The molecular formula is C24H24ClF3N2O5S. The van der Waals surface area contributed by atoms with Crippen molar-refractivity contribution in [2.24, 2.45) is 0 Å². The molecule has 0 fully saturated rings. The van der Waals surface area contributed by atoms with Gasteiger partial charge in [-0.25, -0.2) is 8.42 Å². The lowest BCUT2D eigenvalue weighted by Crippen LogP contribution is -2.19. The van der Waals surface area contributed by atoms with Crippen LogP contribution >= 0.6 is 11.6 Å². The highest BCUT2D eigenvalue weighted by molar-refractivity contribution is 7.90. The summed E-state index contributed by atoms with van der Waals surface area (Å²) in [4.78, 5) is 13.3. The molecule has 1 atom stereocenters. The molecule has 1 amide bonds. The minimum atomic E-state index is -4.98. The molecular weight excluding hydrogens is 521 g/mol. The quantitative estimate of drug-likeness (QED) is 0.425. The van der Waals surface area contributed by atoms with E-state index >= 15 is 0 Å². The van der Waals surface area contributed by atoms with Gasteiger partial charge in [0.1, 0.15) is 0 Å². The number of hydrogen-bond donors (Lipinski definition) is 2. The second-order valence-corrected chi connectivity index (χ2v) is 10.8. The molecule has 36 heavy (non-hydrogen) atoms. The van der Waals surface area contributed by atoms with E-state index in [0.717, 1.165) is 12.3 Å². The number of rotatable bonds is 7. The average Bonchev–Trinajstić information content (AvgIpc) is 3.01. The van der Waals surface area contributed by atoms with Crippen molar-refractivity contribution in [1.82, 2.24) is 4.57 Å². The van der Waals surface area contributed by atoms with Gasteiger partial charge in [0.15, 0.2) is 15.6 Å². The van der Waals surface area contributed by atoms with Crippen LogP contribution in [0.15, 0.2) is 47.4 Å². The zero-order valence-electron chi connectivity index (χ0n) is 19.8. The zero-order chi connectivity index (χ0) is 27.0. The van der Waals surface area contributed by atoms with E-state index in [-0.39, 0.29) is 27.6 Å². The lowest BCUT2D eigenvalue weighted by atomic mass is 10.1. The Bertz CT molecular complexity index is 1420. The number of sulfone groups is 1. The van der Waals surface area contributed by atoms with Crippen LogP contribution < -0.4 is 10.1 Å². The lowest BCUT2D eigenvalue weighted by molar-refractivity contribution is -0.274. The van der Waals surface area contributed by atoms with Gasteiger partial charge in [-0.3, -0.25) is 4.79 Å². The number of ether oxygens (including phenoxy) is 1. The van der Waals surface area contributed by atoms with Crippen molar-refractivity contribution in [3.8, 4) is 11.4 Å². The molecule has 7 nitrogen and oxygen atoms in total. The Balaban J connectivity index is 2.07. The minimum absolute atomic E-state index is 0.0164. The summed E-state index contributed by atoms with van der Waals surface area (Å²) in [6.07, 6.45) is -4.73. The molecule has 1 heterocycles. The number of nitrogens with zero attached hydrogens (tertiary/aromatic N) is 1. The largest absolute Gasteiger partial charge is 0.573 e. The summed E-state index contributed by atoms with van der Waals surface area (Å²) in [5.74, 6) is -1.14. The lowest BCUT2D eigenvalue weighted by Gasteiger charge is -2.18. The van der Waals surface area contributed by atoms with Crippen molar-refractivity contribution < 1.29 is 36.2 Å². The molecule has 1 aromatic heterocycles. The molecule has 2 aromatic carbocycles. The first-order valence-corrected chi connectivity index (χ1v) is 12.9. The zero-order valence-corrected chi connectivity index (χ0v) is 21.3. The number of nitrogens with one attached hydrogen (secondary N) is 1. The highest BCUT2D eigenvalue weighted by Gasteiger charge is 2.33. The number of carbonyl (C=O) groups excluding carboxylic acids is 1. The maximum absolute atomic E-state index is 13.1. The molecule has 194 valence electrons. The molecule has 3 rings (SSSR count). The predicted octanol–water partition coefficient (Wildman–Crippen LogP) is 5.23. The summed E-state index contributed by atoms with van der Waals surface area (Å²) in [7, 11) is -3.44. The van der Waals surface area contributed by atoms with Crippen LogP contribution in [-0.4, -0.2) is 42.7 Å². The predicted molar refractivity (Wildman–Crippen MR) is 130 cm³/mol. The normalized spacial score (nSPS) is 12.9. The van der Waals surface area contributed by atoms with Crippen LogP contribution in [0.3, 0.4) is 0 Å². The number of amides is 1. The molecule has 0 saturated carbocycles. The molecule has 0 saturated heterocycles. The number of hydrogen-bond acceptors (Lipinski definition) is 5. The standard InChI is InChI=1S/C24H24ClF3N2O5S/c1-13-9-17(6-8-22(13)36(4,33)34)29-23(32)19-12-18(10-14(2)31)30(15(19)3)20-7-5-16(25)11-21(20)35-24(26,27)28/h5-9,11-12,14,31H,10H2,1-4H3,(H,29,32). The summed E-state index contributed by atoms with van der Waals surface area (Å²) in [6.45, 7) is 4.65. The number of halogens is 4. The third-order valence-electron chi connectivity index (χ3n) is 5.29. The second kappa shape index (κ2) is 10.2. The Morgan fingerprint density at radius 1 is 1.17 bits per heavy atom. The van der Waals surface area contributed by atoms with E-state index in [0.29, 0.717) is 22.6 Å². The number of aliphatic hydroxyl groups excluding tert-OH is 1. The molecule has 1 unspecified atom stereocenters. The van der Waals surface area contributed by atoms with Gasteiger partial charge in [-0.1, -0.05) is 11.6 Å². The Kier molecular flexibility index (Phi) is 7.77. The average molecular weight is 545 g/mol. The van der Waals surface area contributed by atoms with Gasteiger partial charge >= 0.3 is 6.36 Å². The smallest absolute Gasteiger partial charge is 0.403 e. The van der Waals surface area contributed by atoms with E-state index < -0.39 is 34.0 Å². The topological polar surface area (TPSA) is 97.6 Å². The van der Waals surface area contributed by atoms with E-state index in [4.69, 9.17) is 11.6 Å². The van der Waals surface area contributed by atoms with E-state index in [2.05, 4.69) is 10.1 Å². The summed E-state index contributed by atoms with van der Waals surface area (Å²) in [5, 5.41) is 12.7. The van der Waals surface area contributed by atoms with Crippen LogP contribution in [0.5, 0.6) is 5.75 Å². The molecule has 0 radical (unpaired) electrons. The fourth-order valence-corrected chi connectivity index (χ4v) is 5.03. The number of aryl methyl sites for hydroxylation is 1. The number of benzene rings is 2. The van der Waals surface area contributed by atoms with E-state index in [9.17, 15) is 31.5 Å².